The van der Waals surface area contributed by atoms with Crippen LogP contribution in [0.1, 0.15) is 139 Å². The average Bonchev–Trinajstić information content (AvgIpc) is 3.41. The first-order valence-corrected chi connectivity index (χ1v) is 26.4. The Balaban J connectivity index is 1.08. The number of fused-ring (bicyclic) bond motifs is 2. The minimum Gasteiger partial charge on any atom is -0.349 e. The molecule has 8 heteroatoms. The molecule has 7 aromatic carbocycles. The van der Waals surface area contributed by atoms with Crippen molar-refractivity contribution in [1.29, 1.82) is 0 Å². The Bertz CT molecular complexity index is 2860. The highest BCUT2D eigenvalue weighted by atomic mass is 16.2. The quantitative estimate of drug-likeness (QED) is 0.0869. The van der Waals surface area contributed by atoms with Crippen LogP contribution in [0.5, 0.6) is 0 Å². The highest BCUT2D eigenvalue weighted by Crippen LogP contribution is 2.49. The Morgan fingerprint density at radius 2 is 0.736 bits per heavy atom. The number of benzene rings is 7. The van der Waals surface area contributed by atoms with Crippen molar-refractivity contribution in [1.82, 2.24) is 10.6 Å². The topological polar surface area (TPSA) is 116 Å². The fraction of sp³-hybridized carbons (Fsp3) is 0.344. The monoisotopic (exact) mass is 959 g/mol. The summed E-state index contributed by atoms with van der Waals surface area (Å²) in [6.07, 6.45) is 6.69. The first-order chi connectivity index (χ1) is 34.9. The zero-order valence-electron chi connectivity index (χ0n) is 42.8. The zero-order chi connectivity index (χ0) is 50.5. The smallest absolute Gasteiger partial charge is 0.226 e. The maximum atomic E-state index is 14.1. The largest absolute Gasteiger partial charge is 0.349 e. The molecule has 0 bridgehead atoms. The number of nitrogens with one attached hydrogen (secondary N) is 4. The minimum atomic E-state index is -0.329. The van der Waals surface area contributed by atoms with Gasteiger partial charge in [0.05, 0.1) is 23.5 Å². The van der Waals surface area contributed by atoms with Crippen molar-refractivity contribution in [2.24, 2.45) is 23.7 Å². The normalized spacial score (nSPS) is 18.9. The van der Waals surface area contributed by atoms with Gasteiger partial charge in [-0.25, -0.2) is 0 Å². The molecule has 0 aromatic heterocycles. The predicted octanol–water partition coefficient (Wildman–Crippen LogP) is 14.8. The van der Waals surface area contributed by atoms with E-state index in [2.05, 4.69) is 130 Å². The Kier molecular flexibility index (Phi) is 15.4. The molecule has 2 fully saturated rings. The third kappa shape index (κ3) is 10.7. The molecule has 7 aromatic rings. The third-order valence-corrected chi connectivity index (χ3v) is 15.6. The van der Waals surface area contributed by atoms with Crippen LogP contribution < -0.4 is 21.3 Å². The van der Waals surface area contributed by atoms with Crippen molar-refractivity contribution < 1.29 is 19.2 Å². The number of carbonyl (C=O) groups is 4. The lowest BCUT2D eigenvalue weighted by molar-refractivity contribution is -0.127. The summed E-state index contributed by atoms with van der Waals surface area (Å²) >= 11 is 0. The summed E-state index contributed by atoms with van der Waals surface area (Å²) in [5.41, 5.74) is 9.40. The van der Waals surface area contributed by atoms with E-state index in [1.54, 1.807) is 0 Å². The van der Waals surface area contributed by atoms with Crippen molar-refractivity contribution in [3.8, 4) is 22.3 Å². The molecular weight excluding hydrogens is 889 g/mol. The van der Waals surface area contributed by atoms with Gasteiger partial charge in [0, 0.05) is 34.8 Å². The van der Waals surface area contributed by atoms with Crippen LogP contribution in [0.3, 0.4) is 0 Å². The van der Waals surface area contributed by atoms with Crippen LogP contribution in [-0.2, 0) is 19.2 Å². The standard InChI is InChI=1S/C64H70N4O4/c1-39(2)61(69)67-59-55(53-27-15-23-47-21-13-25-51(57(47)53)45-29-33-49(34-30-45)63(71)65-41(5)43-17-9-7-10-18-43)37-38-56(60(59)68-62(70)40(3)4)54-28-16-24-48-22-14-26-52(58(48)54)46-31-35-50(36-32-46)64(72)66-42(6)44-19-11-8-12-20-44/h7-28,37-42,45-46,49-50H,29-36H2,1-6H3,(H,65,71)(H,66,72)(H,67,69)(H,68,70)/t41-,42-,45?,46?,49?,50?/m1/s1. The van der Waals surface area contributed by atoms with Gasteiger partial charge in [-0.2, -0.15) is 0 Å². The van der Waals surface area contributed by atoms with Gasteiger partial charge in [-0.15, -0.1) is 0 Å². The van der Waals surface area contributed by atoms with Gasteiger partial charge in [-0.3, -0.25) is 19.2 Å². The fourth-order valence-electron chi connectivity index (χ4n) is 11.4. The number of anilines is 2. The molecule has 9 rings (SSSR count). The molecule has 0 saturated heterocycles. The summed E-state index contributed by atoms with van der Waals surface area (Å²) in [7, 11) is 0. The van der Waals surface area contributed by atoms with Crippen LogP contribution in [0, 0.1) is 23.7 Å². The Morgan fingerprint density at radius 3 is 1.08 bits per heavy atom. The molecular formula is C64H70N4O4. The van der Waals surface area contributed by atoms with Crippen molar-refractivity contribution in [3.63, 3.8) is 0 Å². The molecule has 0 spiro atoms. The molecule has 2 aliphatic rings. The maximum absolute atomic E-state index is 14.1. The number of hydrogen-bond acceptors (Lipinski definition) is 4. The SMILES string of the molecule is CC(C)C(=O)Nc1c(-c2cccc3cccc(C4CCC(C(=O)N[C@H](C)c5ccccc5)CC4)c23)ccc(-c2cccc3cccc(C4CCC(C(=O)N[C@H](C)c5ccccc5)CC4)c23)c1NC(=O)C(C)C. The summed E-state index contributed by atoms with van der Waals surface area (Å²) in [5, 5.41) is 17.7. The van der Waals surface area contributed by atoms with Crippen molar-refractivity contribution in [2.45, 2.75) is 117 Å². The molecule has 4 amide bonds. The second kappa shape index (κ2) is 22.1. The van der Waals surface area contributed by atoms with E-state index in [0.29, 0.717) is 11.4 Å². The average molecular weight is 959 g/mol. The summed E-state index contributed by atoms with van der Waals surface area (Å²) in [5.74, 6) is -0.365. The third-order valence-electron chi connectivity index (χ3n) is 15.6. The molecule has 0 unspecified atom stereocenters. The summed E-state index contributed by atoms with van der Waals surface area (Å²) < 4.78 is 0. The molecule has 370 valence electrons. The predicted molar refractivity (Wildman–Crippen MR) is 295 cm³/mol. The number of amides is 4. The summed E-state index contributed by atoms with van der Waals surface area (Å²) in [6, 6.07) is 50.1. The molecule has 8 nitrogen and oxygen atoms in total. The van der Waals surface area contributed by atoms with Gasteiger partial charge in [-0.05, 0) is 132 Å². The Labute approximate surface area is 425 Å². The van der Waals surface area contributed by atoms with Gasteiger partial charge in [0.15, 0.2) is 0 Å². The van der Waals surface area contributed by atoms with E-state index in [4.69, 9.17) is 0 Å². The van der Waals surface area contributed by atoms with E-state index in [1.165, 1.54) is 11.1 Å². The van der Waals surface area contributed by atoms with Gasteiger partial charge < -0.3 is 21.3 Å². The van der Waals surface area contributed by atoms with Crippen LogP contribution in [0.25, 0.3) is 43.8 Å². The van der Waals surface area contributed by atoms with Crippen LogP contribution in [0.4, 0.5) is 11.4 Å². The lowest BCUT2D eigenvalue weighted by Crippen LogP contribution is -2.34. The van der Waals surface area contributed by atoms with E-state index >= 15 is 0 Å². The zero-order valence-corrected chi connectivity index (χ0v) is 42.8. The molecule has 2 aliphatic carbocycles. The van der Waals surface area contributed by atoms with Crippen LogP contribution in [0.2, 0.25) is 0 Å². The second-order valence-electron chi connectivity index (χ2n) is 21.1. The highest BCUT2D eigenvalue weighted by Gasteiger charge is 2.32. The lowest BCUT2D eigenvalue weighted by Gasteiger charge is -2.31. The summed E-state index contributed by atoms with van der Waals surface area (Å²) in [4.78, 5) is 55.5. The van der Waals surface area contributed by atoms with Gasteiger partial charge in [0.2, 0.25) is 23.6 Å². The molecule has 4 N–H and O–H groups in total. The molecule has 0 heterocycles. The molecule has 0 aliphatic heterocycles. The van der Waals surface area contributed by atoms with E-state index in [-0.39, 0.29) is 71.2 Å². The Morgan fingerprint density at radius 1 is 0.389 bits per heavy atom. The van der Waals surface area contributed by atoms with Crippen molar-refractivity contribution >= 4 is 56.5 Å². The first kappa shape index (κ1) is 49.9. The molecule has 2 saturated carbocycles. The number of carbonyl (C=O) groups excluding carboxylic acids is 4. The van der Waals surface area contributed by atoms with Crippen LogP contribution >= 0.6 is 0 Å². The van der Waals surface area contributed by atoms with Gasteiger partial charge in [0.25, 0.3) is 0 Å². The Hall–Kier alpha value is -7.06. The second-order valence-corrected chi connectivity index (χ2v) is 21.1. The molecule has 0 radical (unpaired) electrons. The van der Waals surface area contributed by atoms with Gasteiger partial charge in [0.1, 0.15) is 0 Å². The van der Waals surface area contributed by atoms with Gasteiger partial charge in [-0.1, -0.05) is 173 Å². The number of rotatable bonds is 14. The molecule has 2 atom stereocenters. The summed E-state index contributed by atoms with van der Waals surface area (Å²) in [6.45, 7) is 11.6. The van der Waals surface area contributed by atoms with E-state index < -0.39 is 0 Å². The minimum absolute atomic E-state index is 0.0513. The van der Waals surface area contributed by atoms with Crippen molar-refractivity contribution in [2.75, 3.05) is 10.6 Å². The first-order valence-electron chi connectivity index (χ1n) is 26.4. The highest BCUT2D eigenvalue weighted by molar-refractivity contribution is 6.14. The van der Waals surface area contributed by atoms with Crippen LogP contribution in [-0.4, -0.2) is 23.6 Å². The van der Waals surface area contributed by atoms with Gasteiger partial charge >= 0.3 is 0 Å². The van der Waals surface area contributed by atoms with Crippen molar-refractivity contribution in [3.05, 3.63) is 168 Å². The lowest BCUT2D eigenvalue weighted by atomic mass is 9.76. The van der Waals surface area contributed by atoms with E-state index in [1.807, 2.05) is 77.9 Å². The van der Waals surface area contributed by atoms with E-state index in [0.717, 1.165) is 106 Å². The number of hydrogen-bond donors (Lipinski definition) is 4. The maximum Gasteiger partial charge on any atom is 0.226 e. The fourth-order valence-corrected chi connectivity index (χ4v) is 11.4. The van der Waals surface area contributed by atoms with Crippen LogP contribution in [0.15, 0.2) is 146 Å². The molecule has 72 heavy (non-hydrogen) atoms. The van der Waals surface area contributed by atoms with E-state index in [9.17, 15) is 19.2 Å².